The molecule has 0 bridgehead atoms. The molecular weight excluding hydrogens is 783 g/mol. The van der Waals surface area contributed by atoms with Gasteiger partial charge in [-0.1, -0.05) is 82.8 Å². The second-order valence-corrected chi connectivity index (χ2v) is 13.6. The van der Waals surface area contributed by atoms with Crippen molar-refractivity contribution in [1.29, 1.82) is 0 Å². The summed E-state index contributed by atoms with van der Waals surface area (Å²) in [7, 11) is 0. The van der Waals surface area contributed by atoms with Crippen molar-refractivity contribution in [2.45, 2.75) is 33.9 Å². The Balaban J connectivity index is 0.000000210. The van der Waals surface area contributed by atoms with Crippen molar-refractivity contribution in [2.75, 3.05) is 13.2 Å². The summed E-state index contributed by atoms with van der Waals surface area (Å²) >= 11 is 24.1. The minimum atomic E-state index is -4.72. The van der Waals surface area contributed by atoms with Gasteiger partial charge in [0, 0.05) is 48.8 Å². The highest BCUT2D eigenvalue weighted by atomic mass is 35.5. The summed E-state index contributed by atoms with van der Waals surface area (Å²) in [6, 6.07) is 26.9. The lowest BCUT2D eigenvalue weighted by Crippen LogP contribution is -2.18. The van der Waals surface area contributed by atoms with Crippen LogP contribution in [0.25, 0.3) is 33.6 Å². The fourth-order valence-corrected chi connectivity index (χ4v) is 6.72. The van der Waals surface area contributed by atoms with Crippen molar-refractivity contribution >= 4 is 58.3 Å². The summed E-state index contributed by atoms with van der Waals surface area (Å²) in [5.41, 5.74) is 3.36. The van der Waals surface area contributed by atoms with Crippen LogP contribution in [-0.2, 0) is 15.7 Å². The molecule has 0 unspecified atom stereocenters. The number of hydrogen-bond acceptors (Lipinski definition) is 4. The van der Waals surface area contributed by atoms with Crippen molar-refractivity contribution in [3.63, 3.8) is 0 Å². The van der Waals surface area contributed by atoms with Gasteiger partial charge in [-0.05, 0) is 111 Å². The van der Waals surface area contributed by atoms with Crippen LogP contribution in [0, 0.1) is 13.8 Å². The van der Waals surface area contributed by atoms with E-state index in [9.17, 15) is 22.8 Å². The smallest absolute Gasteiger partial charge is 0.432 e. The fourth-order valence-electron chi connectivity index (χ4n) is 6.10. The van der Waals surface area contributed by atoms with Gasteiger partial charge >= 0.3 is 18.1 Å². The van der Waals surface area contributed by atoms with Crippen LogP contribution in [0.2, 0.25) is 20.1 Å². The molecule has 0 spiro atoms. The number of aryl methyl sites for hydroxylation is 1. The Morgan fingerprint density at radius 1 is 0.630 bits per heavy atom. The summed E-state index contributed by atoms with van der Waals surface area (Å²) in [4.78, 5) is 25.5. The number of aromatic nitrogens is 2. The first-order valence-electron chi connectivity index (χ1n) is 16.6. The van der Waals surface area contributed by atoms with Crippen LogP contribution in [-0.4, -0.2) is 34.3 Å². The summed E-state index contributed by atoms with van der Waals surface area (Å²) in [5.74, 6) is -1.24. The first-order chi connectivity index (χ1) is 25.7. The zero-order chi connectivity index (χ0) is 39.3. The highest BCUT2D eigenvalue weighted by molar-refractivity contribution is 6.31. The predicted octanol–water partition coefficient (Wildman–Crippen LogP) is 12.9. The minimum absolute atomic E-state index is 0.0139. The molecule has 0 aliphatic heterocycles. The van der Waals surface area contributed by atoms with Crippen LogP contribution >= 0.6 is 46.4 Å². The van der Waals surface area contributed by atoms with Gasteiger partial charge in [0.15, 0.2) is 0 Å². The third-order valence-corrected chi connectivity index (χ3v) is 9.21. The maximum absolute atomic E-state index is 14.1. The van der Waals surface area contributed by atoms with E-state index < -0.39 is 17.8 Å². The van der Waals surface area contributed by atoms with Crippen LogP contribution in [0.5, 0.6) is 0 Å². The topological polar surface area (TPSA) is 62.5 Å². The van der Waals surface area contributed by atoms with E-state index in [4.69, 9.17) is 55.9 Å². The molecule has 0 amide bonds. The molecule has 6 rings (SSSR count). The molecule has 0 aliphatic rings. The molecule has 0 N–H and O–H groups in total. The first kappa shape index (κ1) is 40.5. The van der Waals surface area contributed by atoms with Gasteiger partial charge < -0.3 is 14.0 Å². The lowest BCUT2D eigenvalue weighted by atomic mass is 10.0. The number of carbonyl (C=O) groups excluding carboxylic acids is 2. The molecule has 6 aromatic rings. The SMILES string of the molecule is CCOC(=O)c1c(-c2ccc(Cl)cc2)c(C)c(C(F)(F)F)n1-c1cccc(Cl)c1.CCOC(=O)c1c(-c2ccc(Cl)cc2)c(C)cn1-c1cccc(Cl)c1. The molecule has 4 aromatic carbocycles. The van der Waals surface area contributed by atoms with Crippen LogP contribution < -0.4 is 0 Å². The lowest BCUT2D eigenvalue weighted by Gasteiger charge is -2.16. The number of hydrogen-bond donors (Lipinski definition) is 0. The molecule has 0 radical (unpaired) electrons. The molecule has 280 valence electrons. The Hall–Kier alpha value is -4.67. The molecule has 13 heteroatoms. The van der Waals surface area contributed by atoms with Gasteiger partial charge in [-0.25, -0.2) is 9.59 Å². The van der Waals surface area contributed by atoms with Crippen molar-refractivity contribution in [2.24, 2.45) is 0 Å². The van der Waals surface area contributed by atoms with E-state index in [1.807, 2.05) is 60.2 Å². The molecule has 2 heterocycles. The molecule has 0 fully saturated rings. The molecule has 0 atom stereocenters. The zero-order valence-corrected chi connectivity index (χ0v) is 32.4. The summed E-state index contributed by atoms with van der Waals surface area (Å²) in [6.45, 7) is 6.99. The minimum Gasteiger partial charge on any atom is -0.461 e. The number of benzene rings is 4. The Labute approximate surface area is 330 Å². The monoisotopic (exact) mass is 814 g/mol. The van der Waals surface area contributed by atoms with E-state index in [1.165, 1.54) is 25.1 Å². The number of rotatable bonds is 8. The summed E-state index contributed by atoms with van der Waals surface area (Å²) in [5, 5.41) is 1.92. The molecule has 0 aliphatic carbocycles. The van der Waals surface area contributed by atoms with E-state index in [0.29, 0.717) is 32.9 Å². The molecule has 2 aromatic heterocycles. The standard InChI is InChI=1S/C21H16Cl2F3NO2.C20H17Cl2NO2/c1-3-29-20(28)18-17(13-7-9-14(22)10-8-13)12(2)19(21(24,25)26)27(18)16-6-4-5-15(23)11-16;1-3-25-20(24)19-18(14-7-9-15(21)10-8-14)13(2)12-23(19)17-6-4-5-16(22)11-17/h4-11H,3H2,1-2H3;4-12H,3H2,1-2H3. The number of ether oxygens (including phenoxy) is 2. The second-order valence-electron chi connectivity index (χ2n) is 11.9. The maximum atomic E-state index is 14.1. The number of alkyl halides is 3. The van der Waals surface area contributed by atoms with Crippen LogP contribution in [0.1, 0.15) is 51.6 Å². The lowest BCUT2D eigenvalue weighted by molar-refractivity contribution is -0.142. The van der Waals surface area contributed by atoms with Gasteiger partial charge in [0.25, 0.3) is 0 Å². The number of carbonyl (C=O) groups is 2. The third kappa shape index (κ3) is 8.82. The van der Waals surface area contributed by atoms with Crippen molar-refractivity contribution in [3.05, 3.63) is 152 Å². The summed E-state index contributed by atoms with van der Waals surface area (Å²) < 4.78 is 55.4. The van der Waals surface area contributed by atoms with Gasteiger partial charge in [0.1, 0.15) is 17.1 Å². The van der Waals surface area contributed by atoms with Crippen molar-refractivity contribution in [3.8, 4) is 33.6 Å². The Morgan fingerprint density at radius 3 is 1.57 bits per heavy atom. The molecule has 54 heavy (non-hydrogen) atoms. The second kappa shape index (κ2) is 17.2. The Morgan fingerprint density at radius 2 is 1.09 bits per heavy atom. The average Bonchev–Trinajstić information content (AvgIpc) is 3.64. The predicted molar refractivity (Wildman–Crippen MR) is 209 cm³/mol. The van der Waals surface area contributed by atoms with Gasteiger partial charge in [0.05, 0.1) is 13.2 Å². The quantitative estimate of drug-likeness (QED) is 0.144. The van der Waals surface area contributed by atoms with E-state index in [0.717, 1.165) is 26.9 Å². The Bertz CT molecular complexity index is 2300. The Kier molecular flexibility index (Phi) is 12.9. The maximum Gasteiger partial charge on any atom is 0.432 e. The average molecular weight is 817 g/mol. The molecule has 6 nitrogen and oxygen atoms in total. The highest BCUT2D eigenvalue weighted by Gasteiger charge is 2.42. The zero-order valence-electron chi connectivity index (χ0n) is 29.4. The van der Waals surface area contributed by atoms with Gasteiger partial charge in [-0.2, -0.15) is 13.2 Å². The van der Waals surface area contributed by atoms with E-state index >= 15 is 0 Å². The van der Waals surface area contributed by atoms with E-state index in [1.54, 1.807) is 50.2 Å². The third-order valence-electron chi connectivity index (χ3n) is 8.23. The van der Waals surface area contributed by atoms with Gasteiger partial charge in [-0.3, -0.25) is 4.57 Å². The van der Waals surface area contributed by atoms with Gasteiger partial charge in [0.2, 0.25) is 0 Å². The summed E-state index contributed by atoms with van der Waals surface area (Å²) in [6.07, 6.45) is -2.81. The fraction of sp³-hybridized carbons (Fsp3) is 0.171. The van der Waals surface area contributed by atoms with E-state index in [2.05, 4.69) is 0 Å². The van der Waals surface area contributed by atoms with E-state index in [-0.39, 0.29) is 40.1 Å². The highest BCUT2D eigenvalue weighted by Crippen LogP contribution is 2.43. The normalized spacial score (nSPS) is 11.2. The number of esters is 2. The number of halogens is 7. The molecule has 0 saturated carbocycles. The first-order valence-corrected chi connectivity index (χ1v) is 18.1. The van der Waals surface area contributed by atoms with Crippen molar-refractivity contribution < 1.29 is 32.2 Å². The van der Waals surface area contributed by atoms with Crippen LogP contribution in [0.15, 0.2) is 103 Å². The molecule has 0 saturated heterocycles. The van der Waals surface area contributed by atoms with Crippen molar-refractivity contribution in [1.82, 2.24) is 9.13 Å². The molecular formula is C41H33Cl4F3N2O4. The largest absolute Gasteiger partial charge is 0.461 e. The van der Waals surface area contributed by atoms with Crippen LogP contribution in [0.3, 0.4) is 0 Å². The van der Waals surface area contributed by atoms with Crippen LogP contribution in [0.4, 0.5) is 13.2 Å². The van der Waals surface area contributed by atoms with Gasteiger partial charge in [-0.15, -0.1) is 0 Å². The number of nitrogens with zero attached hydrogens (tertiary/aromatic N) is 2.